The minimum Gasteiger partial charge on any atom is -0.352 e. The van der Waals surface area contributed by atoms with Gasteiger partial charge in [0, 0.05) is 6.54 Å². The lowest BCUT2D eigenvalue weighted by Gasteiger charge is -2.03. The van der Waals surface area contributed by atoms with Crippen LogP contribution in [-0.2, 0) is 0 Å². The fraction of sp³-hybridized carbons (Fsp3) is 0.200. The third-order valence-corrected chi connectivity index (χ3v) is 1.99. The maximum Gasteiger partial charge on any atom is 0.252 e. The highest BCUT2D eigenvalue weighted by Crippen LogP contribution is 2.17. The zero-order valence-electron chi connectivity index (χ0n) is 7.67. The highest BCUT2D eigenvalue weighted by molar-refractivity contribution is 6.33. The molecule has 14 heavy (non-hydrogen) atoms. The van der Waals surface area contributed by atoms with E-state index in [1.165, 1.54) is 6.07 Å². The highest BCUT2D eigenvalue weighted by atomic mass is 35.5. The molecule has 0 aliphatic heterocycles. The molecule has 0 saturated carbocycles. The van der Waals surface area contributed by atoms with Gasteiger partial charge in [0.05, 0.1) is 22.2 Å². The van der Waals surface area contributed by atoms with Gasteiger partial charge in [0.25, 0.3) is 5.91 Å². The Hall–Kier alpha value is -1.53. The number of amides is 1. The van der Waals surface area contributed by atoms with Gasteiger partial charge in [-0.15, -0.1) is 0 Å². The molecular formula is C10H9ClN2O. The molecule has 1 aromatic carbocycles. The molecule has 0 saturated heterocycles. The summed E-state index contributed by atoms with van der Waals surface area (Å²) in [7, 11) is 0. The van der Waals surface area contributed by atoms with E-state index in [4.69, 9.17) is 16.9 Å². The molecule has 0 radical (unpaired) electrons. The van der Waals surface area contributed by atoms with Crippen LogP contribution >= 0.6 is 11.6 Å². The van der Waals surface area contributed by atoms with Crippen molar-refractivity contribution in [3.05, 3.63) is 34.3 Å². The smallest absolute Gasteiger partial charge is 0.252 e. The van der Waals surface area contributed by atoms with Gasteiger partial charge in [-0.05, 0) is 25.1 Å². The number of hydrogen-bond acceptors (Lipinski definition) is 2. The molecule has 0 fully saturated rings. The van der Waals surface area contributed by atoms with Crippen LogP contribution in [0.4, 0.5) is 0 Å². The molecule has 0 aliphatic carbocycles. The van der Waals surface area contributed by atoms with Crippen LogP contribution in [0.1, 0.15) is 22.8 Å². The zero-order valence-corrected chi connectivity index (χ0v) is 8.43. The van der Waals surface area contributed by atoms with Gasteiger partial charge >= 0.3 is 0 Å². The van der Waals surface area contributed by atoms with Crippen molar-refractivity contribution in [1.82, 2.24) is 5.32 Å². The Kier molecular flexibility index (Phi) is 3.49. The first-order valence-corrected chi connectivity index (χ1v) is 4.54. The van der Waals surface area contributed by atoms with Crippen molar-refractivity contribution in [2.24, 2.45) is 0 Å². The van der Waals surface area contributed by atoms with Crippen molar-refractivity contribution in [2.45, 2.75) is 6.92 Å². The topological polar surface area (TPSA) is 52.9 Å². The summed E-state index contributed by atoms with van der Waals surface area (Å²) in [4.78, 5) is 11.4. The van der Waals surface area contributed by atoms with Gasteiger partial charge in [0.2, 0.25) is 0 Å². The Morgan fingerprint density at radius 1 is 1.64 bits per heavy atom. The van der Waals surface area contributed by atoms with E-state index in [0.717, 1.165) is 0 Å². The average Bonchev–Trinajstić information content (AvgIpc) is 2.17. The van der Waals surface area contributed by atoms with E-state index in [1.54, 1.807) is 12.1 Å². The summed E-state index contributed by atoms with van der Waals surface area (Å²) in [6.45, 7) is 2.38. The minimum atomic E-state index is -0.220. The van der Waals surface area contributed by atoms with Crippen LogP contribution < -0.4 is 5.32 Å². The van der Waals surface area contributed by atoms with E-state index in [2.05, 4.69) is 5.32 Å². The van der Waals surface area contributed by atoms with Crippen LogP contribution in [-0.4, -0.2) is 12.5 Å². The summed E-state index contributed by atoms with van der Waals surface area (Å²) in [6, 6.07) is 6.54. The maximum absolute atomic E-state index is 11.4. The highest BCUT2D eigenvalue weighted by Gasteiger charge is 2.09. The second kappa shape index (κ2) is 4.64. The van der Waals surface area contributed by atoms with Gasteiger partial charge in [0.1, 0.15) is 0 Å². The number of halogens is 1. The molecule has 0 atom stereocenters. The Labute approximate surface area is 87.3 Å². The lowest BCUT2D eigenvalue weighted by molar-refractivity contribution is 0.0956. The van der Waals surface area contributed by atoms with Gasteiger partial charge in [0.15, 0.2) is 0 Å². The quantitative estimate of drug-likeness (QED) is 0.808. The van der Waals surface area contributed by atoms with Gasteiger partial charge in [-0.2, -0.15) is 5.26 Å². The Morgan fingerprint density at radius 2 is 2.36 bits per heavy atom. The normalized spacial score (nSPS) is 9.21. The van der Waals surface area contributed by atoms with Crippen molar-refractivity contribution < 1.29 is 4.79 Å². The van der Waals surface area contributed by atoms with Crippen LogP contribution in [0.15, 0.2) is 18.2 Å². The molecule has 0 aromatic heterocycles. The van der Waals surface area contributed by atoms with Crippen LogP contribution in [0.3, 0.4) is 0 Å². The fourth-order valence-electron chi connectivity index (χ4n) is 1.02. The third kappa shape index (κ3) is 2.24. The van der Waals surface area contributed by atoms with E-state index in [-0.39, 0.29) is 5.91 Å². The van der Waals surface area contributed by atoms with Crippen LogP contribution in [0, 0.1) is 11.3 Å². The number of hydrogen-bond donors (Lipinski definition) is 1. The molecule has 1 rings (SSSR count). The van der Waals surface area contributed by atoms with E-state index in [0.29, 0.717) is 22.7 Å². The molecule has 1 amide bonds. The van der Waals surface area contributed by atoms with Gasteiger partial charge in [-0.1, -0.05) is 11.6 Å². The number of carbonyl (C=O) groups is 1. The summed E-state index contributed by atoms with van der Waals surface area (Å²) < 4.78 is 0. The summed E-state index contributed by atoms with van der Waals surface area (Å²) in [6.07, 6.45) is 0. The average molecular weight is 209 g/mol. The standard InChI is InChI=1S/C10H9ClN2O/c1-2-13-10(14)8-4-3-7(6-12)5-9(8)11/h3-5H,2H2,1H3,(H,13,14). The Balaban J connectivity index is 3.01. The van der Waals surface area contributed by atoms with Crippen molar-refractivity contribution >= 4 is 17.5 Å². The van der Waals surface area contributed by atoms with Gasteiger partial charge < -0.3 is 5.32 Å². The molecule has 0 aliphatic rings. The van der Waals surface area contributed by atoms with Gasteiger partial charge in [-0.25, -0.2) is 0 Å². The Bertz CT molecular complexity index is 396. The maximum atomic E-state index is 11.4. The summed E-state index contributed by atoms with van der Waals surface area (Å²) in [5.41, 5.74) is 0.843. The molecule has 3 nitrogen and oxygen atoms in total. The predicted molar refractivity (Wildman–Crippen MR) is 54.2 cm³/mol. The predicted octanol–water partition coefficient (Wildman–Crippen LogP) is 1.96. The lowest BCUT2D eigenvalue weighted by Crippen LogP contribution is -2.22. The van der Waals surface area contributed by atoms with E-state index >= 15 is 0 Å². The van der Waals surface area contributed by atoms with Crippen LogP contribution in [0.25, 0.3) is 0 Å². The van der Waals surface area contributed by atoms with E-state index in [9.17, 15) is 4.79 Å². The van der Waals surface area contributed by atoms with Crippen molar-refractivity contribution in [3.63, 3.8) is 0 Å². The molecule has 0 spiro atoms. The molecular weight excluding hydrogens is 200 g/mol. The minimum absolute atomic E-state index is 0.220. The number of benzene rings is 1. The molecule has 0 heterocycles. The summed E-state index contributed by atoms with van der Waals surface area (Å²) in [5, 5.41) is 11.5. The van der Waals surface area contributed by atoms with E-state index < -0.39 is 0 Å². The van der Waals surface area contributed by atoms with Crippen molar-refractivity contribution in [2.75, 3.05) is 6.54 Å². The molecule has 72 valence electrons. The van der Waals surface area contributed by atoms with Crippen molar-refractivity contribution in [1.29, 1.82) is 5.26 Å². The molecule has 1 N–H and O–H groups in total. The largest absolute Gasteiger partial charge is 0.352 e. The number of nitrogens with one attached hydrogen (secondary N) is 1. The first kappa shape index (κ1) is 10.6. The fourth-order valence-corrected chi connectivity index (χ4v) is 1.29. The molecule has 0 unspecified atom stereocenters. The lowest BCUT2D eigenvalue weighted by atomic mass is 10.1. The second-order valence-electron chi connectivity index (χ2n) is 2.67. The number of carbonyl (C=O) groups excluding carboxylic acids is 1. The third-order valence-electron chi connectivity index (χ3n) is 1.68. The van der Waals surface area contributed by atoms with Gasteiger partial charge in [-0.3, -0.25) is 4.79 Å². The first-order valence-electron chi connectivity index (χ1n) is 4.17. The van der Waals surface area contributed by atoms with E-state index in [1.807, 2.05) is 13.0 Å². The first-order chi connectivity index (χ1) is 6.69. The second-order valence-corrected chi connectivity index (χ2v) is 3.07. The summed E-state index contributed by atoms with van der Waals surface area (Å²) >= 11 is 5.83. The monoisotopic (exact) mass is 208 g/mol. The molecule has 0 bridgehead atoms. The molecule has 4 heteroatoms. The van der Waals surface area contributed by atoms with Crippen LogP contribution in [0.5, 0.6) is 0 Å². The number of rotatable bonds is 2. The van der Waals surface area contributed by atoms with Crippen LogP contribution in [0.2, 0.25) is 5.02 Å². The Morgan fingerprint density at radius 3 is 2.86 bits per heavy atom. The number of nitrogens with zero attached hydrogens (tertiary/aromatic N) is 1. The molecule has 1 aromatic rings. The SMILES string of the molecule is CCNC(=O)c1ccc(C#N)cc1Cl. The zero-order chi connectivity index (χ0) is 10.6. The van der Waals surface area contributed by atoms with Crippen molar-refractivity contribution in [3.8, 4) is 6.07 Å². The summed E-state index contributed by atoms with van der Waals surface area (Å²) in [5.74, 6) is -0.220. The number of nitriles is 1.